The SMILES string of the molecule is CCCc1cc(NCc2cccc3ccccc23)ncn1. The van der Waals surface area contributed by atoms with Crippen LogP contribution in [0.3, 0.4) is 0 Å². The third-order valence-electron chi connectivity index (χ3n) is 3.57. The molecule has 0 amide bonds. The van der Waals surface area contributed by atoms with Gasteiger partial charge in [0, 0.05) is 18.3 Å². The summed E-state index contributed by atoms with van der Waals surface area (Å²) in [5.74, 6) is 0.890. The highest BCUT2D eigenvalue weighted by Gasteiger charge is 2.02. The van der Waals surface area contributed by atoms with Gasteiger partial charge in [-0.1, -0.05) is 55.8 Å². The van der Waals surface area contributed by atoms with Crippen LogP contribution < -0.4 is 5.32 Å². The van der Waals surface area contributed by atoms with E-state index in [-0.39, 0.29) is 0 Å². The zero-order valence-electron chi connectivity index (χ0n) is 12.2. The molecule has 0 fully saturated rings. The zero-order chi connectivity index (χ0) is 14.5. The minimum Gasteiger partial charge on any atom is -0.366 e. The molecule has 2 aromatic carbocycles. The number of anilines is 1. The van der Waals surface area contributed by atoms with Crippen LogP contribution in [0.1, 0.15) is 24.6 Å². The second kappa shape index (κ2) is 6.35. The molecule has 1 aromatic heterocycles. The van der Waals surface area contributed by atoms with Gasteiger partial charge in [-0.15, -0.1) is 0 Å². The highest BCUT2D eigenvalue weighted by molar-refractivity contribution is 5.85. The summed E-state index contributed by atoms with van der Waals surface area (Å²) < 4.78 is 0. The second-order valence-corrected chi connectivity index (χ2v) is 5.14. The van der Waals surface area contributed by atoms with Gasteiger partial charge in [-0.25, -0.2) is 9.97 Å². The van der Waals surface area contributed by atoms with Crippen LogP contribution in [-0.4, -0.2) is 9.97 Å². The van der Waals surface area contributed by atoms with E-state index < -0.39 is 0 Å². The van der Waals surface area contributed by atoms with Gasteiger partial charge >= 0.3 is 0 Å². The van der Waals surface area contributed by atoms with Crippen molar-refractivity contribution in [3.05, 3.63) is 66.1 Å². The van der Waals surface area contributed by atoms with Gasteiger partial charge in [0.25, 0.3) is 0 Å². The summed E-state index contributed by atoms with van der Waals surface area (Å²) in [5, 5.41) is 5.96. The normalized spacial score (nSPS) is 10.7. The Morgan fingerprint density at radius 2 is 1.86 bits per heavy atom. The van der Waals surface area contributed by atoms with E-state index in [0.717, 1.165) is 30.9 Å². The molecule has 3 nitrogen and oxygen atoms in total. The molecule has 0 aliphatic carbocycles. The molecule has 0 atom stereocenters. The van der Waals surface area contributed by atoms with E-state index in [2.05, 4.69) is 64.7 Å². The molecule has 106 valence electrons. The smallest absolute Gasteiger partial charge is 0.129 e. The van der Waals surface area contributed by atoms with Gasteiger partial charge in [0.1, 0.15) is 12.1 Å². The first-order valence-corrected chi connectivity index (χ1v) is 7.38. The first kappa shape index (κ1) is 13.6. The van der Waals surface area contributed by atoms with Crippen LogP contribution in [0, 0.1) is 0 Å². The number of nitrogens with one attached hydrogen (secondary N) is 1. The third kappa shape index (κ3) is 3.19. The van der Waals surface area contributed by atoms with Crippen LogP contribution in [0.5, 0.6) is 0 Å². The Labute approximate surface area is 125 Å². The number of rotatable bonds is 5. The topological polar surface area (TPSA) is 37.8 Å². The number of hydrogen-bond donors (Lipinski definition) is 1. The lowest BCUT2D eigenvalue weighted by molar-refractivity contribution is 0.871. The zero-order valence-corrected chi connectivity index (χ0v) is 12.2. The molecule has 0 spiro atoms. The van der Waals surface area contributed by atoms with Crippen molar-refractivity contribution in [1.29, 1.82) is 0 Å². The Morgan fingerprint density at radius 3 is 2.76 bits per heavy atom. The predicted octanol–water partition coefficient (Wildman–Crippen LogP) is 4.19. The van der Waals surface area contributed by atoms with E-state index in [9.17, 15) is 0 Å². The van der Waals surface area contributed by atoms with Gasteiger partial charge in [-0.3, -0.25) is 0 Å². The summed E-state index contributed by atoms with van der Waals surface area (Å²) in [6.07, 6.45) is 3.72. The number of fused-ring (bicyclic) bond motifs is 1. The van der Waals surface area contributed by atoms with E-state index >= 15 is 0 Å². The number of hydrogen-bond acceptors (Lipinski definition) is 3. The highest BCUT2D eigenvalue weighted by atomic mass is 15.0. The Kier molecular flexibility index (Phi) is 4.10. The van der Waals surface area contributed by atoms with Crippen molar-refractivity contribution in [3.63, 3.8) is 0 Å². The van der Waals surface area contributed by atoms with Crippen molar-refractivity contribution in [2.24, 2.45) is 0 Å². The van der Waals surface area contributed by atoms with Crippen molar-refractivity contribution in [3.8, 4) is 0 Å². The predicted molar refractivity (Wildman–Crippen MR) is 87.3 cm³/mol. The van der Waals surface area contributed by atoms with Crippen LogP contribution >= 0.6 is 0 Å². The molecular formula is C18H19N3. The first-order chi connectivity index (χ1) is 10.4. The molecule has 0 saturated heterocycles. The molecule has 0 bridgehead atoms. The number of aryl methyl sites for hydroxylation is 1. The molecule has 3 heteroatoms. The first-order valence-electron chi connectivity index (χ1n) is 7.38. The lowest BCUT2D eigenvalue weighted by atomic mass is 10.0. The molecule has 0 saturated carbocycles. The summed E-state index contributed by atoms with van der Waals surface area (Å²) in [7, 11) is 0. The largest absolute Gasteiger partial charge is 0.366 e. The van der Waals surface area contributed by atoms with Crippen molar-refractivity contribution in [2.75, 3.05) is 5.32 Å². The Hall–Kier alpha value is -2.42. The Balaban J connectivity index is 1.79. The quantitative estimate of drug-likeness (QED) is 0.759. The van der Waals surface area contributed by atoms with E-state index in [1.165, 1.54) is 16.3 Å². The average Bonchev–Trinajstić information content (AvgIpc) is 2.53. The minimum atomic E-state index is 0.768. The van der Waals surface area contributed by atoms with Crippen molar-refractivity contribution >= 4 is 16.6 Å². The fourth-order valence-electron chi connectivity index (χ4n) is 2.52. The molecule has 0 aliphatic heterocycles. The van der Waals surface area contributed by atoms with Crippen LogP contribution in [0.25, 0.3) is 10.8 Å². The molecule has 21 heavy (non-hydrogen) atoms. The average molecular weight is 277 g/mol. The number of aromatic nitrogens is 2. The van der Waals surface area contributed by atoms with Crippen molar-refractivity contribution < 1.29 is 0 Å². The van der Waals surface area contributed by atoms with Gasteiger partial charge < -0.3 is 5.32 Å². The lowest BCUT2D eigenvalue weighted by Gasteiger charge is -2.09. The van der Waals surface area contributed by atoms with Gasteiger partial charge in [0.15, 0.2) is 0 Å². The standard InChI is InChI=1S/C18H19N3/c1-2-6-16-11-18(21-13-20-16)19-12-15-9-5-8-14-7-3-4-10-17(14)15/h3-5,7-11,13H,2,6,12H2,1H3,(H,19,20,21). The summed E-state index contributed by atoms with van der Waals surface area (Å²) in [4.78, 5) is 8.58. The maximum Gasteiger partial charge on any atom is 0.129 e. The van der Waals surface area contributed by atoms with Gasteiger partial charge in [-0.2, -0.15) is 0 Å². The Bertz CT molecular complexity index is 732. The van der Waals surface area contributed by atoms with Crippen LogP contribution in [0.15, 0.2) is 54.9 Å². The van der Waals surface area contributed by atoms with E-state index in [4.69, 9.17) is 0 Å². The van der Waals surface area contributed by atoms with Gasteiger partial charge in [-0.05, 0) is 22.8 Å². The molecule has 1 N–H and O–H groups in total. The van der Waals surface area contributed by atoms with E-state index in [1.807, 2.05) is 6.07 Å². The molecule has 3 rings (SSSR count). The molecule has 0 radical (unpaired) electrons. The monoisotopic (exact) mass is 277 g/mol. The summed E-state index contributed by atoms with van der Waals surface area (Å²) in [5.41, 5.74) is 2.37. The number of benzene rings is 2. The van der Waals surface area contributed by atoms with E-state index in [1.54, 1.807) is 6.33 Å². The van der Waals surface area contributed by atoms with Gasteiger partial charge in [0.2, 0.25) is 0 Å². The van der Waals surface area contributed by atoms with E-state index in [0.29, 0.717) is 0 Å². The summed E-state index contributed by atoms with van der Waals surface area (Å²) in [6.45, 7) is 2.93. The third-order valence-corrected chi connectivity index (χ3v) is 3.57. The number of nitrogens with zero attached hydrogens (tertiary/aromatic N) is 2. The highest BCUT2D eigenvalue weighted by Crippen LogP contribution is 2.19. The van der Waals surface area contributed by atoms with Crippen molar-refractivity contribution in [1.82, 2.24) is 9.97 Å². The van der Waals surface area contributed by atoms with Crippen LogP contribution in [-0.2, 0) is 13.0 Å². The lowest BCUT2D eigenvalue weighted by Crippen LogP contribution is -2.03. The summed E-state index contributed by atoms with van der Waals surface area (Å²) in [6, 6.07) is 16.9. The van der Waals surface area contributed by atoms with Crippen molar-refractivity contribution in [2.45, 2.75) is 26.3 Å². The van der Waals surface area contributed by atoms with Crippen LogP contribution in [0.2, 0.25) is 0 Å². The maximum atomic E-state index is 4.29. The van der Waals surface area contributed by atoms with Gasteiger partial charge in [0.05, 0.1) is 0 Å². The maximum absolute atomic E-state index is 4.29. The summed E-state index contributed by atoms with van der Waals surface area (Å²) >= 11 is 0. The molecular weight excluding hydrogens is 258 g/mol. The fraction of sp³-hybridized carbons (Fsp3) is 0.222. The molecule has 3 aromatic rings. The molecule has 0 aliphatic rings. The van der Waals surface area contributed by atoms with Crippen LogP contribution in [0.4, 0.5) is 5.82 Å². The molecule has 0 unspecified atom stereocenters. The minimum absolute atomic E-state index is 0.768. The Morgan fingerprint density at radius 1 is 1.00 bits per heavy atom. The molecule has 1 heterocycles. The second-order valence-electron chi connectivity index (χ2n) is 5.14. The fourth-order valence-corrected chi connectivity index (χ4v) is 2.52.